The van der Waals surface area contributed by atoms with E-state index in [0.717, 1.165) is 57.7 Å². The van der Waals surface area contributed by atoms with Crippen molar-refractivity contribution in [2.75, 3.05) is 0 Å². The van der Waals surface area contributed by atoms with E-state index in [9.17, 15) is 4.79 Å². The van der Waals surface area contributed by atoms with Gasteiger partial charge in [-0.05, 0) is 31.6 Å². The van der Waals surface area contributed by atoms with Crippen LogP contribution in [0, 0.1) is 5.92 Å². The minimum atomic E-state index is -0.770. The van der Waals surface area contributed by atoms with Crippen LogP contribution in [0.2, 0.25) is 0 Å². The van der Waals surface area contributed by atoms with E-state index in [0.29, 0.717) is 12.3 Å². The van der Waals surface area contributed by atoms with Crippen LogP contribution in [0.3, 0.4) is 0 Å². The lowest BCUT2D eigenvalue weighted by molar-refractivity contribution is -0.662. The van der Waals surface area contributed by atoms with Crippen molar-refractivity contribution in [3.8, 4) is 0 Å². The molecule has 2 aliphatic carbocycles. The van der Waals surface area contributed by atoms with Crippen LogP contribution in [-0.2, 0) is 24.3 Å². The van der Waals surface area contributed by atoms with Gasteiger partial charge < -0.3 is 4.79 Å². The van der Waals surface area contributed by atoms with Gasteiger partial charge in [0.1, 0.15) is 6.29 Å². The van der Waals surface area contributed by atoms with Crippen LogP contribution in [0.4, 0.5) is 0 Å². The summed E-state index contributed by atoms with van der Waals surface area (Å²) < 4.78 is 0. The van der Waals surface area contributed by atoms with Gasteiger partial charge in [-0.15, -0.1) is 0 Å². The van der Waals surface area contributed by atoms with E-state index >= 15 is 0 Å². The Kier molecular flexibility index (Phi) is 10.3. The van der Waals surface area contributed by atoms with Gasteiger partial charge in [0.15, 0.2) is 0 Å². The third kappa shape index (κ3) is 7.12. The highest BCUT2D eigenvalue weighted by Gasteiger charge is 2.49. The van der Waals surface area contributed by atoms with E-state index in [1.165, 1.54) is 44.9 Å². The number of aldehydes is 1. The highest BCUT2D eigenvalue weighted by Crippen LogP contribution is 2.44. The van der Waals surface area contributed by atoms with Crippen LogP contribution in [0.5, 0.6) is 0 Å². The van der Waals surface area contributed by atoms with Gasteiger partial charge in [0, 0.05) is 32.1 Å². The normalized spacial score (nSPS) is 27.0. The van der Waals surface area contributed by atoms with E-state index < -0.39 is 11.6 Å². The zero-order chi connectivity index (χ0) is 19.4. The lowest BCUT2D eigenvalue weighted by Gasteiger charge is -2.45. The number of hydrogen-bond donors (Lipinski definition) is 0. The van der Waals surface area contributed by atoms with Crippen molar-refractivity contribution in [2.24, 2.45) is 5.92 Å². The molecule has 0 unspecified atom stereocenters. The predicted octanol–water partition coefficient (Wildman–Crippen LogP) is 6.40. The molecule has 27 heavy (non-hydrogen) atoms. The first-order chi connectivity index (χ1) is 13.3. The maximum Gasteiger partial charge on any atom is 0.234 e. The predicted molar refractivity (Wildman–Crippen MR) is 105 cm³/mol. The average molecular weight is 385 g/mol. The second-order valence-electron chi connectivity index (χ2n) is 8.18. The number of rotatable bonds is 2. The highest BCUT2D eigenvalue weighted by atomic mass is 17.4. The van der Waals surface area contributed by atoms with Gasteiger partial charge in [-0.1, -0.05) is 58.8 Å². The summed E-state index contributed by atoms with van der Waals surface area (Å²) >= 11 is 0. The van der Waals surface area contributed by atoms with Crippen molar-refractivity contribution in [1.29, 1.82) is 0 Å². The van der Waals surface area contributed by atoms with Gasteiger partial charge in [-0.25, -0.2) is 0 Å². The molecule has 158 valence electrons. The molecule has 3 rings (SSSR count). The first-order valence-electron chi connectivity index (χ1n) is 11.4. The monoisotopic (exact) mass is 384 g/mol. The SMILES string of the molecule is CC.O=CCC1CCC2(CC1)OOC1(CCCCCCCCCCC1)OO2. The van der Waals surface area contributed by atoms with E-state index in [-0.39, 0.29) is 0 Å². The molecule has 0 amide bonds. The summed E-state index contributed by atoms with van der Waals surface area (Å²) in [5.74, 6) is -1.06. The summed E-state index contributed by atoms with van der Waals surface area (Å²) in [6, 6.07) is 0. The standard InChI is InChI=1S/C20H34O5.C2H6/c21-17-12-18-10-15-20(16-11-18)24-22-19(23-25-20)13-8-6-4-2-1-3-5-7-9-14-19;1-2/h17-18H,1-16H2;1-2H3. The van der Waals surface area contributed by atoms with Crippen LogP contribution in [-0.4, -0.2) is 17.9 Å². The van der Waals surface area contributed by atoms with E-state index in [2.05, 4.69) is 0 Å². The average Bonchev–Trinajstić information content (AvgIpc) is 2.71. The Morgan fingerprint density at radius 3 is 1.44 bits per heavy atom. The number of carbonyl (C=O) groups is 1. The van der Waals surface area contributed by atoms with Crippen molar-refractivity contribution >= 4 is 6.29 Å². The molecule has 2 spiro atoms. The molecule has 3 aliphatic rings. The molecule has 0 bridgehead atoms. The van der Waals surface area contributed by atoms with Crippen LogP contribution >= 0.6 is 0 Å². The molecule has 0 atom stereocenters. The topological polar surface area (TPSA) is 54.0 Å². The van der Waals surface area contributed by atoms with E-state index in [1.807, 2.05) is 13.8 Å². The molecule has 0 N–H and O–H groups in total. The zero-order valence-corrected chi connectivity index (χ0v) is 17.5. The van der Waals surface area contributed by atoms with Gasteiger partial charge in [-0.2, -0.15) is 19.6 Å². The maximum atomic E-state index is 10.7. The second-order valence-corrected chi connectivity index (χ2v) is 8.18. The van der Waals surface area contributed by atoms with Crippen molar-refractivity contribution in [2.45, 2.75) is 128 Å². The van der Waals surface area contributed by atoms with Crippen LogP contribution in [0.1, 0.15) is 117 Å². The summed E-state index contributed by atoms with van der Waals surface area (Å²) in [5, 5.41) is 0. The number of carbonyl (C=O) groups excluding carboxylic acids is 1. The van der Waals surface area contributed by atoms with E-state index in [4.69, 9.17) is 19.6 Å². The summed E-state index contributed by atoms with van der Waals surface area (Å²) in [5.41, 5.74) is 0. The molecular weight excluding hydrogens is 344 g/mol. The first kappa shape index (κ1) is 22.8. The zero-order valence-electron chi connectivity index (χ0n) is 17.5. The molecule has 1 saturated heterocycles. The van der Waals surface area contributed by atoms with Crippen LogP contribution in [0.15, 0.2) is 0 Å². The molecule has 5 nitrogen and oxygen atoms in total. The minimum Gasteiger partial charge on any atom is -0.303 e. The quantitative estimate of drug-likeness (QED) is 0.407. The Morgan fingerprint density at radius 1 is 0.667 bits per heavy atom. The minimum absolute atomic E-state index is 0.438. The van der Waals surface area contributed by atoms with Crippen LogP contribution in [0.25, 0.3) is 0 Å². The Labute approximate surface area is 165 Å². The largest absolute Gasteiger partial charge is 0.303 e. The third-order valence-corrected chi connectivity index (χ3v) is 6.10. The fourth-order valence-corrected chi connectivity index (χ4v) is 4.31. The van der Waals surface area contributed by atoms with Gasteiger partial charge in [0.25, 0.3) is 0 Å². The van der Waals surface area contributed by atoms with Gasteiger partial charge in [-0.3, -0.25) is 0 Å². The number of hydrogen-bond acceptors (Lipinski definition) is 5. The van der Waals surface area contributed by atoms with Gasteiger partial charge in [0.2, 0.25) is 11.6 Å². The molecule has 3 fully saturated rings. The van der Waals surface area contributed by atoms with E-state index in [1.54, 1.807) is 0 Å². The molecule has 2 saturated carbocycles. The third-order valence-electron chi connectivity index (χ3n) is 6.10. The summed E-state index contributed by atoms with van der Waals surface area (Å²) in [6.45, 7) is 4.00. The summed E-state index contributed by atoms with van der Waals surface area (Å²) in [7, 11) is 0. The Balaban J connectivity index is 0.00000126. The van der Waals surface area contributed by atoms with Crippen molar-refractivity contribution in [1.82, 2.24) is 0 Å². The molecule has 0 aromatic carbocycles. The second kappa shape index (κ2) is 12.2. The van der Waals surface area contributed by atoms with Gasteiger partial charge in [0.05, 0.1) is 0 Å². The molecule has 1 aliphatic heterocycles. The lowest BCUT2D eigenvalue weighted by atomic mass is 9.84. The first-order valence-corrected chi connectivity index (χ1v) is 11.4. The Morgan fingerprint density at radius 2 is 1.04 bits per heavy atom. The van der Waals surface area contributed by atoms with Crippen molar-refractivity contribution in [3.05, 3.63) is 0 Å². The summed E-state index contributed by atoms with van der Waals surface area (Å²) in [4.78, 5) is 34.1. The van der Waals surface area contributed by atoms with Crippen molar-refractivity contribution < 1.29 is 24.3 Å². The molecule has 5 heteroatoms. The van der Waals surface area contributed by atoms with Gasteiger partial charge >= 0.3 is 0 Å². The molecule has 0 aromatic heterocycles. The van der Waals surface area contributed by atoms with Crippen LogP contribution < -0.4 is 0 Å². The van der Waals surface area contributed by atoms with Crippen molar-refractivity contribution in [3.63, 3.8) is 0 Å². The molecule has 1 heterocycles. The smallest absolute Gasteiger partial charge is 0.234 e. The molecule has 0 radical (unpaired) electrons. The fourth-order valence-electron chi connectivity index (χ4n) is 4.31. The fraction of sp³-hybridized carbons (Fsp3) is 0.955. The molecular formula is C22H40O5. The summed E-state index contributed by atoms with van der Waals surface area (Å²) in [6.07, 6.45) is 17.8. The maximum absolute atomic E-state index is 10.7. The Hall–Kier alpha value is -0.490. The highest BCUT2D eigenvalue weighted by molar-refractivity contribution is 5.49. The molecule has 0 aromatic rings. The Bertz CT molecular complexity index is 380. The lowest BCUT2D eigenvalue weighted by Crippen LogP contribution is -2.52.